The van der Waals surface area contributed by atoms with Crippen molar-refractivity contribution >= 4 is 9.84 Å². The van der Waals surface area contributed by atoms with E-state index in [1.807, 2.05) is 12.4 Å². The minimum Gasteiger partial charge on any atom is -0.317 e. The number of rotatable bonds is 10. The van der Waals surface area contributed by atoms with Gasteiger partial charge in [-0.15, -0.1) is 0 Å². The van der Waals surface area contributed by atoms with E-state index >= 15 is 0 Å². The molecule has 0 aliphatic rings. The Morgan fingerprint density at radius 3 is 2.79 bits per heavy atom. The second kappa shape index (κ2) is 8.32. The molecule has 0 aromatic carbocycles. The first kappa shape index (κ1) is 16.2. The summed E-state index contributed by atoms with van der Waals surface area (Å²) in [5.74, 6) is 0.368. The summed E-state index contributed by atoms with van der Waals surface area (Å²) in [5, 5.41) is 7.56. The first-order valence-corrected chi connectivity index (χ1v) is 8.82. The predicted molar refractivity (Wildman–Crippen MR) is 78.0 cm³/mol. The zero-order valence-electron chi connectivity index (χ0n) is 11.9. The summed E-state index contributed by atoms with van der Waals surface area (Å²) in [6.45, 7) is 6.36. The molecule has 0 aliphatic heterocycles. The minimum atomic E-state index is -2.91. The highest BCUT2D eigenvalue weighted by Gasteiger charge is 2.08. The minimum absolute atomic E-state index is 0.169. The first-order chi connectivity index (χ1) is 9.07. The van der Waals surface area contributed by atoms with Crippen molar-refractivity contribution in [1.29, 1.82) is 0 Å². The van der Waals surface area contributed by atoms with E-state index in [2.05, 4.69) is 17.3 Å². The third-order valence-electron chi connectivity index (χ3n) is 3.00. The monoisotopic (exact) mass is 287 g/mol. The lowest BCUT2D eigenvalue weighted by Crippen LogP contribution is -2.16. The third-order valence-corrected chi connectivity index (χ3v) is 4.69. The molecule has 0 amide bonds. The van der Waals surface area contributed by atoms with Crippen LogP contribution in [-0.4, -0.2) is 42.8 Å². The second-order valence-corrected chi connectivity index (χ2v) is 7.17. The van der Waals surface area contributed by atoms with Gasteiger partial charge in [0.15, 0.2) is 9.84 Å². The van der Waals surface area contributed by atoms with Crippen LogP contribution in [0.25, 0.3) is 0 Å². The summed E-state index contributed by atoms with van der Waals surface area (Å²) in [6.07, 6.45) is 7.00. The van der Waals surface area contributed by atoms with Crippen molar-refractivity contribution in [2.24, 2.45) is 0 Å². The number of hydrogen-bond donors (Lipinski definition) is 1. The molecule has 110 valence electrons. The van der Waals surface area contributed by atoms with Gasteiger partial charge in [0.2, 0.25) is 0 Å². The largest absolute Gasteiger partial charge is 0.317 e. The van der Waals surface area contributed by atoms with Crippen molar-refractivity contribution < 1.29 is 8.42 Å². The molecular formula is C13H25N3O2S. The molecule has 0 spiro atoms. The summed E-state index contributed by atoms with van der Waals surface area (Å²) in [5.41, 5.74) is 1.17. The molecule has 0 atom stereocenters. The van der Waals surface area contributed by atoms with E-state index in [4.69, 9.17) is 0 Å². The lowest BCUT2D eigenvalue weighted by Gasteiger charge is -2.02. The Morgan fingerprint density at radius 1 is 1.32 bits per heavy atom. The smallest absolute Gasteiger partial charge is 0.151 e. The van der Waals surface area contributed by atoms with Crippen LogP contribution in [0.3, 0.4) is 0 Å². The SMILES string of the molecule is CCCNCCCc1cnn(CCS(=O)(=O)CC)c1. The second-order valence-electron chi connectivity index (χ2n) is 4.70. The van der Waals surface area contributed by atoms with Crippen LogP contribution >= 0.6 is 0 Å². The Morgan fingerprint density at radius 2 is 2.11 bits per heavy atom. The highest BCUT2D eigenvalue weighted by molar-refractivity contribution is 7.91. The normalized spacial score (nSPS) is 11.9. The number of hydrogen-bond acceptors (Lipinski definition) is 4. The summed E-state index contributed by atoms with van der Waals surface area (Å²) in [6, 6.07) is 0. The van der Waals surface area contributed by atoms with Crippen LogP contribution in [0.5, 0.6) is 0 Å². The van der Waals surface area contributed by atoms with E-state index < -0.39 is 9.84 Å². The van der Waals surface area contributed by atoms with Crippen LogP contribution in [-0.2, 0) is 22.8 Å². The number of sulfone groups is 1. The maximum atomic E-state index is 11.4. The zero-order valence-corrected chi connectivity index (χ0v) is 12.7. The van der Waals surface area contributed by atoms with Crippen molar-refractivity contribution in [2.45, 2.75) is 39.7 Å². The average Bonchev–Trinajstić information content (AvgIpc) is 2.84. The summed E-state index contributed by atoms with van der Waals surface area (Å²) in [7, 11) is -2.91. The molecule has 0 aliphatic carbocycles. The van der Waals surface area contributed by atoms with Gasteiger partial charge in [0.25, 0.3) is 0 Å². The summed E-state index contributed by atoms with van der Waals surface area (Å²) >= 11 is 0. The molecule has 19 heavy (non-hydrogen) atoms. The Hall–Kier alpha value is -0.880. The molecule has 1 aromatic rings. The van der Waals surface area contributed by atoms with Gasteiger partial charge in [-0.3, -0.25) is 4.68 Å². The molecule has 0 bridgehead atoms. The quantitative estimate of drug-likeness (QED) is 0.658. The molecule has 0 saturated carbocycles. The van der Waals surface area contributed by atoms with Crippen LogP contribution in [0.4, 0.5) is 0 Å². The Kier molecular flexibility index (Phi) is 7.09. The Balaban J connectivity index is 2.28. The van der Waals surface area contributed by atoms with Crippen LogP contribution in [0.1, 0.15) is 32.3 Å². The fraction of sp³-hybridized carbons (Fsp3) is 0.769. The van der Waals surface area contributed by atoms with Crippen LogP contribution < -0.4 is 5.32 Å². The van der Waals surface area contributed by atoms with Gasteiger partial charge < -0.3 is 5.32 Å². The molecule has 0 saturated heterocycles. The summed E-state index contributed by atoms with van der Waals surface area (Å²) in [4.78, 5) is 0. The topological polar surface area (TPSA) is 64.0 Å². The number of nitrogens with zero attached hydrogens (tertiary/aromatic N) is 2. The predicted octanol–water partition coefficient (Wildman–Crippen LogP) is 1.25. The highest BCUT2D eigenvalue weighted by Crippen LogP contribution is 2.02. The van der Waals surface area contributed by atoms with E-state index in [0.717, 1.165) is 32.4 Å². The van der Waals surface area contributed by atoms with Crippen molar-refractivity contribution in [2.75, 3.05) is 24.6 Å². The third kappa shape index (κ3) is 6.73. The molecule has 1 N–H and O–H groups in total. The molecule has 1 aromatic heterocycles. The fourth-order valence-corrected chi connectivity index (χ4v) is 2.51. The van der Waals surface area contributed by atoms with Crippen molar-refractivity contribution in [3.05, 3.63) is 18.0 Å². The molecule has 5 nitrogen and oxygen atoms in total. The molecule has 1 heterocycles. The molecule has 6 heteroatoms. The summed E-state index contributed by atoms with van der Waals surface area (Å²) < 4.78 is 24.5. The van der Waals surface area contributed by atoms with E-state index in [9.17, 15) is 8.42 Å². The van der Waals surface area contributed by atoms with Gasteiger partial charge in [0, 0.05) is 11.9 Å². The van der Waals surface area contributed by atoms with Crippen molar-refractivity contribution in [3.8, 4) is 0 Å². The van der Waals surface area contributed by atoms with Crippen molar-refractivity contribution in [3.63, 3.8) is 0 Å². The van der Waals surface area contributed by atoms with Crippen LogP contribution in [0.15, 0.2) is 12.4 Å². The van der Waals surface area contributed by atoms with Crippen molar-refractivity contribution in [1.82, 2.24) is 15.1 Å². The van der Waals surface area contributed by atoms with E-state index in [-0.39, 0.29) is 11.5 Å². The van der Waals surface area contributed by atoms with Gasteiger partial charge in [-0.25, -0.2) is 8.42 Å². The Labute approximate surface area is 116 Å². The fourth-order valence-electron chi connectivity index (χ4n) is 1.75. The van der Waals surface area contributed by atoms with E-state index in [0.29, 0.717) is 6.54 Å². The van der Waals surface area contributed by atoms with Gasteiger partial charge in [0.1, 0.15) is 0 Å². The van der Waals surface area contributed by atoms with Gasteiger partial charge in [-0.1, -0.05) is 13.8 Å². The van der Waals surface area contributed by atoms with Gasteiger partial charge >= 0.3 is 0 Å². The van der Waals surface area contributed by atoms with E-state index in [1.54, 1.807) is 11.6 Å². The maximum absolute atomic E-state index is 11.4. The van der Waals surface area contributed by atoms with Crippen LogP contribution in [0.2, 0.25) is 0 Å². The lowest BCUT2D eigenvalue weighted by atomic mass is 10.2. The standard InChI is InChI=1S/C13H25N3O2S/c1-3-7-14-8-5-6-13-11-15-16(12-13)9-10-19(17,18)4-2/h11-12,14H,3-10H2,1-2H3. The number of aryl methyl sites for hydroxylation is 2. The number of aromatic nitrogens is 2. The molecule has 0 unspecified atom stereocenters. The van der Waals surface area contributed by atoms with E-state index in [1.165, 1.54) is 5.56 Å². The maximum Gasteiger partial charge on any atom is 0.151 e. The van der Waals surface area contributed by atoms with Gasteiger partial charge in [-0.2, -0.15) is 5.10 Å². The molecule has 0 radical (unpaired) electrons. The first-order valence-electron chi connectivity index (χ1n) is 7.00. The lowest BCUT2D eigenvalue weighted by molar-refractivity contribution is 0.581. The highest BCUT2D eigenvalue weighted by atomic mass is 32.2. The van der Waals surface area contributed by atoms with Gasteiger partial charge in [0.05, 0.1) is 18.5 Å². The molecular weight excluding hydrogens is 262 g/mol. The average molecular weight is 287 g/mol. The Bertz CT molecular complexity index is 454. The van der Waals surface area contributed by atoms with Crippen LogP contribution in [0, 0.1) is 0 Å². The van der Waals surface area contributed by atoms with Gasteiger partial charge in [-0.05, 0) is 37.9 Å². The molecule has 1 rings (SSSR count). The number of nitrogens with one attached hydrogen (secondary N) is 1. The molecule has 0 fully saturated rings. The zero-order chi connectivity index (χ0) is 14.1.